The number of unbranched alkanes of at least 4 members (excludes halogenated alkanes) is 42. The topological polar surface area (TPSA) is 149 Å². The number of allylic oxidation sites excluding steroid dienone is 1. The summed E-state index contributed by atoms with van der Waals surface area (Å²) >= 11 is 0. The molecule has 0 aromatic rings. The third-order valence-corrected chi connectivity index (χ3v) is 14.6. The van der Waals surface area contributed by atoms with Gasteiger partial charge < -0.3 is 40.3 Å². The minimum atomic E-state index is -1.56. The minimum Gasteiger partial charge on any atom is -0.394 e. The van der Waals surface area contributed by atoms with Crippen LogP contribution in [0.2, 0.25) is 0 Å². The van der Waals surface area contributed by atoms with Gasteiger partial charge in [0.05, 0.1) is 25.4 Å². The predicted molar refractivity (Wildman–Crippen MR) is 286 cm³/mol. The number of aliphatic hydroxyl groups excluding tert-OH is 5. The molecule has 0 aromatic carbocycles. The molecule has 0 aliphatic carbocycles. The Balaban J connectivity index is 2.11. The first-order chi connectivity index (χ1) is 33.3. The Kier molecular flexibility index (Phi) is 47.3. The maximum atomic E-state index is 13.0. The molecule has 1 aliphatic heterocycles. The lowest BCUT2D eigenvalue weighted by atomic mass is 9.99. The first kappa shape index (κ1) is 64.9. The number of ether oxygens (including phenoxy) is 2. The molecular formula is C59H115NO8. The van der Waals surface area contributed by atoms with Gasteiger partial charge >= 0.3 is 0 Å². The van der Waals surface area contributed by atoms with Crippen LogP contribution in [0.5, 0.6) is 0 Å². The van der Waals surface area contributed by atoms with Crippen LogP contribution >= 0.6 is 0 Å². The summed E-state index contributed by atoms with van der Waals surface area (Å²) in [6.45, 7) is 3.81. The number of carbonyl (C=O) groups excluding carboxylic acids is 1. The Morgan fingerprint density at radius 2 is 0.809 bits per heavy atom. The predicted octanol–water partition coefficient (Wildman–Crippen LogP) is 14.8. The second kappa shape index (κ2) is 49.5. The molecule has 0 aromatic heterocycles. The molecule has 2 unspecified atom stereocenters. The molecule has 0 radical (unpaired) electrons. The monoisotopic (exact) mass is 966 g/mol. The van der Waals surface area contributed by atoms with Crippen molar-refractivity contribution in [2.45, 2.75) is 346 Å². The quantitative estimate of drug-likeness (QED) is 0.0261. The summed E-state index contributed by atoms with van der Waals surface area (Å²) in [7, 11) is 0. The second-order valence-corrected chi connectivity index (χ2v) is 21.2. The molecule has 1 saturated heterocycles. The van der Waals surface area contributed by atoms with Gasteiger partial charge in [0.25, 0.3) is 0 Å². The first-order valence-electron chi connectivity index (χ1n) is 29.9. The molecule has 0 bridgehead atoms. The van der Waals surface area contributed by atoms with Crippen LogP contribution in [0, 0.1) is 0 Å². The molecule has 9 nitrogen and oxygen atoms in total. The summed E-state index contributed by atoms with van der Waals surface area (Å²) in [6, 6.07) is -0.800. The van der Waals surface area contributed by atoms with E-state index in [0.29, 0.717) is 6.42 Å². The van der Waals surface area contributed by atoms with Crippen molar-refractivity contribution in [2.24, 2.45) is 0 Å². The van der Waals surface area contributed by atoms with Crippen LogP contribution in [0.3, 0.4) is 0 Å². The molecule has 6 N–H and O–H groups in total. The fraction of sp³-hybridized carbons (Fsp3) is 0.949. The van der Waals surface area contributed by atoms with E-state index in [1.54, 1.807) is 6.08 Å². The summed E-state index contributed by atoms with van der Waals surface area (Å²) in [5.41, 5.74) is 0. The molecule has 1 rings (SSSR count). The van der Waals surface area contributed by atoms with Crippen LogP contribution in [0.4, 0.5) is 0 Å². The number of aliphatic hydroxyl groups is 5. The Labute approximate surface area is 420 Å². The SMILES string of the molecule is CCCCCCCCCCCCCC/C=C/[C@@H](O)[C@H](CO[C@@H]1O[C@H](CO)[C@@H](O)C(O)C1O)NC(=O)CCCCCCCCCCCCCCCCCCCCCCCCCCCCCCCCC. The Morgan fingerprint density at radius 3 is 1.15 bits per heavy atom. The fourth-order valence-electron chi connectivity index (χ4n) is 9.87. The number of hydrogen-bond acceptors (Lipinski definition) is 8. The third kappa shape index (κ3) is 38.6. The van der Waals surface area contributed by atoms with Gasteiger partial charge in [-0.2, -0.15) is 0 Å². The number of carbonyl (C=O) groups is 1. The van der Waals surface area contributed by atoms with Gasteiger partial charge in [-0.25, -0.2) is 0 Å². The maximum absolute atomic E-state index is 13.0. The summed E-state index contributed by atoms with van der Waals surface area (Å²) in [5.74, 6) is -0.170. The van der Waals surface area contributed by atoms with E-state index in [2.05, 4.69) is 19.2 Å². The molecule has 7 atom stereocenters. The van der Waals surface area contributed by atoms with Crippen molar-refractivity contribution in [3.05, 3.63) is 12.2 Å². The van der Waals surface area contributed by atoms with Crippen molar-refractivity contribution < 1.29 is 39.8 Å². The molecule has 1 fully saturated rings. The van der Waals surface area contributed by atoms with Gasteiger partial charge in [-0.3, -0.25) is 4.79 Å². The van der Waals surface area contributed by atoms with Gasteiger partial charge in [0.15, 0.2) is 6.29 Å². The van der Waals surface area contributed by atoms with E-state index in [1.165, 1.54) is 244 Å². The highest BCUT2D eigenvalue weighted by Gasteiger charge is 2.44. The highest BCUT2D eigenvalue weighted by atomic mass is 16.7. The number of hydrogen-bond donors (Lipinski definition) is 6. The molecule has 9 heteroatoms. The Morgan fingerprint density at radius 1 is 0.485 bits per heavy atom. The van der Waals surface area contributed by atoms with Crippen LogP contribution in [-0.2, 0) is 14.3 Å². The van der Waals surface area contributed by atoms with Crippen molar-refractivity contribution >= 4 is 5.91 Å². The van der Waals surface area contributed by atoms with E-state index < -0.39 is 49.5 Å². The van der Waals surface area contributed by atoms with Gasteiger partial charge in [0.1, 0.15) is 24.4 Å². The standard InChI is InChI=1S/C59H115NO8/c1-3-5-7-9-11-13-15-17-19-20-21-22-23-24-25-26-27-28-29-30-31-32-33-34-35-37-39-41-43-45-47-49-55(63)60-52(51-67-59-58(66)57(65)56(64)54(50-61)68-59)53(62)48-46-44-42-40-38-36-18-16-14-12-10-8-6-4-2/h46,48,52-54,56-59,61-62,64-66H,3-45,47,49-51H2,1-2H3,(H,60,63)/b48-46+/t52-,53+,54+,56+,57?,58?,59+/m0/s1. The summed E-state index contributed by atoms with van der Waals surface area (Å²) in [6.07, 6.45) is 54.4. The van der Waals surface area contributed by atoms with Crippen molar-refractivity contribution in [3.8, 4) is 0 Å². The zero-order chi connectivity index (χ0) is 49.4. The molecule has 1 amide bonds. The average Bonchev–Trinajstić information content (AvgIpc) is 3.34. The van der Waals surface area contributed by atoms with E-state index in [1.807, 2.05) is 6.08 Å². The third-order valence-electron chi connectivity index (χ3n) is 14.6. The zero-order valence-electron chi connectivity index (χ0n) is 44.9. The molecule has 0 spiro atoms. The zero-order valence-corrected chi connectivity index (χ0v) is 44.9. The molecule has 0 saturated carbocycles. The molecule has 68 heavy (non-hydrogen) atoms. The summed E-state index contributed by atoms with van der Waals surface area (Å²) in [4.78, 5) is 13.0. The lowest BCUT2D eigenvalue weighted by Gasteiger charge is -2.40. The highest BCUT2D eigenvalue weighted by molar-refractivity contribution is 5.76. The summed E-state index contributed by atoms with van der Waals surface area (Å²) in [5, 5.41) is 54.4. The Bertz CT molecular complexity index is 1080. The van der Waals surface area contributed by atoms with Gasteiger partial charge in [0, 0.05) is 6.42 Å². The largest absolute Gasteiger partial charge is 0.394 e. The van der Waals surface area contributed by atoms with Crippen molar-refractivity contribution in [3.63, 3.8) is 0 Å². The van der Waals surface area contributed by atoms with Crippen molar-refractivity contribution in [2.75, 3.05) is 13.2 Å². The highest BCUT2D eigenvalue weighted by Crippen LogP contribution is 2.23. The summed E-state index contributed by atoms with van der Waals surface area (Å²) < 4.78 is 11.3. The lowest BCUT2D eigenvalue weighted by Crippen LogP contribution is -2.60. The smallest absolute Gasteiger partial charge is 0.220 e. The van der Waals surface area contributed by atoms with Crippen LogP contribution < -0.4 is 5.32 Å². The molecule has 1 aliphatic rings. The van der Waals surface area contributed by atoms with Crippen LogP contribution in [0.25, 0.3) is 0 Å². The van der Waals surface area contributed by atoms with Gasteiger partial charge in [-0.15, -0.1) is 0 Å². The molecular weight excluding hydrogens is 851 g/mol. The van der Waals surface area contributed by atoms with Crippen LogP contribution in [0.15, 0.2) is 12.2 Å². The van der Waals surface area contributed by atoms with E-state index >= 15 is 0 Å². The van der Waals surface area contributed by atoms with Gasteiger partial charge in [-0.1, -0.05) is 289 Å². The fourth-order valence-corrected chi connectivity index (χ4v) is 9.87. The first-order valence-corrected chi connectivity index (χ1v) is 29.9. The molecule has 404 valence electrons. The van der Waals surface area contributed by atoms with Gasteiger partial charge in [0.2, 0.25) is 5.91 Å². The van der Waals surface area contributed by atoms with E-state index in [-0.39, 0.29) is 12.5 Å². The minimum absolute atomic E-state index is 0.170. The van der Waals surface area contributed by atoms with Crippen LogP contribution in [0.1, 0.15) is 303 Å². The van der Waals surface area contributed by atoms with E-state index in [9.17, 15) is 30.3 Å². The van der Waals surface area contributed by atoms with Crippen molar-refractivity contribution in [1.82, 2.24) is 5.32 Å². The van der Waals surface area contributed by atoms with Crippen molar-refractivity contribution in [1.29, 1.82) is 0 Å². The van der Waals surface area contributed by atoms with Crippen LogP contribution in [-0.4, -0.2) is 87.5 Å². The molecule has 1 heterocycles. The van der Waals surface area contributed by atoms with E-state index in [4.69, 9.17) is 9.47 Å². The van der Waals surface area contributed by atoms with E-state index in [0.717, 1.165) is 38.5 Å². The maximum Gasteiger partial charge on any atom is 0.220 e. The normalized spacial score (nSPS) is 19.5. The Hall–Kier alpha value is -1.07. The number of amides is 1. The average molecular weight is 967 g/mol. The van der Waals surface area contributed by atoms with Gasteiger partial charge in [-0.05, 0) is 19.3 Å². The number of rotatable bonds is 52. The number of nitrogens with one attached hydrogen (secondary N) is 1. The second-order valence-electron chi connectivity index (χ2n) is 21.2. The lowest BCUT2D eigenvalue weighted by molar-refractivity contribution is -0.302.